The summed E-state index contributed by atoms with van der Waals surface area (Å²) in [5.74, 6) is 0.159. The van der Waals surface area contributed by atoms with E-state index >= 15 is 0 Å². The third-order valence-corrected chi connectivity index (χ3v) is 5.85. The summed E-state index contributed by atoms with van der Waals surface area (Å²) < 4.78 is 29.1. The Hall–Kier alpha value is -2.20. The van der Waals surface area contributed by atoms with Gasteiger partial charge in [-0.25, -0.2) is 4.79 Å². The number of likely N-dealkylation sites (tertiary alicyclic amines) is 1. The van der Waals surface area contributed by atoms with Gasteiger partial charge in [0, 0.05) is 24.2 Å². The number of nitrogens with zero attached hydrogens (tertiary/aromatic N) is 2. The van der Waals surface area contributed by atoms with Gasteiger partial charge in [-0.15, -0.1) is 0 Å². The highest BCUT2D eigenvalue weighted by Gasteiger charge is 2.40. The summed E-state index contributed by atoms with van der Waals surface area (Å²) in [5, 5.41) is 19.8. The first-order valence-electron chi connectivity index (χ1n) is 8.17. The summed E-state index contributed by atoms with van der Waals surface area (Å²) in [6, 6.07) is 4.49. The van der Waals surface area contributed by atoms with Crippen LogP contribution in [0.5, 0.6) is 0 Å². The van der Waals surface area contributed by atoms with Crippen molar-refractivity contribution in [3.05, 3.63) is 34.4 Å². The summed E-state index contributed by atoms with van der Waals surface area (Å²) >= 11 is 0. The molecule has 1 saturated heterocycles. The molecule has 1 aliphatic rings. The molecule has 144 valence electrons. The number of amides is 1. The van der Waals surface area contributed by atoms with Gasteiger partial charge >= 0.3 is 6.09 Å². The molecule has 1 unspecified atom stereocenters. The van der Waals surface area contributed by atoms with Gasteiger partial charge in [0.1, 0.15) is 0 Å². The van der Waals surface area contributed by atoms with Crippen LogP contribution in [0.25, 0.3) is 0 Å². The van der Waals surface area contributed by atoms with Crippen LogP contribution in [0.1, 0.15) is 33.1 Å². The Balaban J connectivity index is 1.84. The van der Waals surface area contributed by atoms with E-state index in [9.17, 15) is 28.4 Å². The zero-order chi connectivity index (χ0) is 19.5. The lowest BCUT2D eigenvalue weighted by Crippen LogP contribution is -2.41. The topological polar surface area (TPSA) is 127 Å². The third-order valence-electron chi connectivity index (χ3n) is 4.52. The Morgan fingerprint density at radius 2 is 2.00 bits per heavy atom. The lowest BCUT2D eigenvalue weighted by Gasteiger charge is -2.28. The minimum absolute atomic E-state index is 0.0245. The summed E-state index contributed by atoms with van der Waals surface area (Å²) in [7, 11) is -3.97. The van der Waals surface area contributed by atoms with Gasteiger partial charge in [-0.1, -0.05) is 0 Å². The van der Waals surface area contributed by atoms with Crippen LogP contribution < -0.4 is 0 Å². The van der Waals surface area contributed by atoms with E-state index < -0.39 is 26.7 Å². The quantitative estimate of drug-likeness (QED) is 0.330. The van der Waals surface area contributed by atoms with E-state index in [1.807, 2.05) is 13.8 Å². The van der Waals surface area contributed by atoms with Crippen molar-refractivity contribution in [2.24, 2.45) is 5.92 Å². The fourth-order valence-corrected chi connectivity index (χ4v) is 4.20. The van der Waals surface area contributed by atoms with Crippen LogP contribution in [0, 0.1) is 16.0 Å². The molecule has 2 rings (SSSR count). The van der Waals surface area contributed by atoms with Crippen LogP contribution in [-0.4, -0.2) is 48.1 Å². The third kappa shape index (κ3) is 4.70. The van der Waals surface area contributed by atoms with E-state index in [-0.39, 0.29) is 23.1 Å². The number of rotatable bonds is 7. The van der Waals surface area contributed by atoms with Crippen molar-refractivity contribution in [1.82, 2.24) is 4.90 Å². The number of nitro benzene ring substituents is 1. The van der Waals surface area contributed by atoms with E-state index in [0.29, 0.717) is 25.8 Å². The molecule has 0 bridgehead atoms. The molecule has 10 heteroatoms. The number of hydrogen-bond acceptors (Lipinski definition) is 6. The molecular weight excluding hydrogens is 364 g/mol. The molecular formula is C16H22N2O7S. The smallest absolute Gasteiger partial charge is 0.407 e. The largest absolute Gasteiger partial charge is 0.465 e. The van der Waals surface area contributed by atoms with Crippen molar-refractivity contribution < 1.29 is 27.4 Å². The predicted molar refractivity (Wildman–Crippen MR) is 92.4 cm³/mol. The molecule has 1 atom stereocenters. The normalized spacial score (nSPS) is 19.5. The standard InChI is InChI=1S/C16H22N2O7S/c1-16(2)10-12(11-17(16)15(19)20)4-3-9-25-26(23,24)14-7-5-13(6-8-14)18(21)22/h5-8,12H,3-4,9-11H2,1-2H3,(H,19,20). The van der Waals surface area contributed by atoms with Gasteiger partial charge in [-0.2, -0.15) is 8.42 Å². The number of non-ortho nitro benzene ring substituents is 1. The second kappa shape index (κ2) is 7.58. The average Bonchev–Trinajstić information content (AvgIpc) is 2.86. The first kappa shape index (κ1) is 20.1. The Morgan fingerprint density at radius 1 is 1.38 bits per heavy atom. The highest BCUT2D eigenvalue weighted by molar-refractivity contribution is 7.86. The summed E-state index contributed by atoms with van der Waals surface area (Å²) in [4.78, 5) is 22.5. The molecule has 1 aromatic carbocycles. The first-order chi connectivity index (χ1) is 12.0. The van der Waals surface area contributed by atoms with Crippen molar-refractivity contribution in [3.63, 3.8) is 0 Å². The molecule has 1 heterocycles. The van der Waals surface area contributed by atoms with Gasteiger partial charge in [-0.3, -0.25) is 14.3 Å². The molecule has 9 nitrogen and oxygen atoms in total. The maximum Gasteiger partial charge on any atom is 0.407 e. The molecule has 0 saturated carbocycles. The Morgan fingerprint density at radius 3 is 2.50 bits per heavy atom. The fraction of sp³-hybridized carbons (Fsp3) is 0.562. The molecule has 0 aliphatic carbocycles. The van der Waals surface area contributed by atoms with Crippen LogP contribution in [-0.2, 0) is 14.3 Å². The molecule has 0 aromatic heterocycles. The van der Waals surface area contributed by atoms with Gasteiger partial charge in [0.2, 0.25) is 0 Å². The van der Waals surface area contributed by atoms with Crippen molar-refractivity contribution in [3.8, 4) is 0 Å². The number of benzene rings is 1. The SMILES string of the molecule is CC1(C)CC(CCCOS(=O)(=O)c2ccc([N+](=O)[O-])cc2)CN1C(=O)O. The zero-order valence-corrected chi connectivity index (χ0v) is 15.4. The number of carboxylic acid groups (broad SMARTS) is 1. The average molecular weight is 386 g/mol. The van der Waals surface area contributed by atoms with Gasteiger partial charge < -0.3 is 10.0 Å². The summed E-state index contributed by atoms with van der Waals surface area (Å²) in [6.45, 7) is 4.15. The Labute approximate surface area is 151 Å². The van der Waals surface area contributed by atoms with E-state index in [1.54, 1.807) is 0 Å². The Bertz CT molecular complexity index is 774. The molecule has 1 N–H and O–H groups in total. The van der Waals surface area contributed by atoms with E-state index in [1.165, 1.54) is 4.90 Å². The van der Waals surface area contributed by atoms with Crippen molar-refractivity contribution in [2.45, 2.75) is 43.5 Å². The maximum atomic E-state index is 12.1. The Kier molecular flexibility index (Phi) is 5.87. The van der Waals surface area contributed by atoms with Crippen LogP contribution in [0.3, 0.4) is 0 Å². The predicted octanol–water partition coefficient (Wildman–Crippen LogP) is 2.86. The summed E-state index contributed by atoms with van der Waals surface area (Å²) in [6.07, 6.45) is 0.896. The maximum absolute atomic E-state index is 12.1. The molecule has 1 amide bonds. The number of carbonyl (C=O) groups is 1. The second-order valence-electron chi connectivity index (χ2n) is 6.95. The van der Waals surface area contributed by atoms with E-state index in [2.05, 4.69) is 0 Å². The molecule has 26 heavy (non-hydrogen) atoms. The molecule has 1 aliphatic heterocycles. The van der Waals surface area contributed by atoms with Gasteiger partial charge in [0.25, 0.3) is 15.8 Å². The minimum atomic E-state index is -3.97. The highest BCUT2D eigenvalue weighted by Crippen LogP contribution is 2.35. The fourth-order valence-electron chi connectivity index (χ4n) is 3.26. The molecule has 0 radical (unpaired) electrons. The van der Waals surface area contributed by atoms with Gasteiger partial charge in [0.05, 0.1) is 16.4 Å². The molecule has 1 aromatic rings. The monoisotopic (exact) mass is 386 g/mol. The van der Waals surface area contributed by atoms with E-state index in [4.69, 9.17) is 4.18 Å². The first-order valence-corrected chi connectivity index (χ1v) is 9.58. The van der Waals surface area contributed by atoms with Crippen LogP contribution in [0.2, 0.25) is 0 Å². The zero-order valence-electron chi connectivity index (χ0n) is 14.6. The van der Waals surface area contributed by atoms with Gasteiger partial charge in [0.15, 0.2) is 0 Å². The molecule has 1 fully saturated rings. The minimum Gasteiger partial charge on any atom is -0.465 e. The number of nitro groups is 1. The molecule has 0 spiro atoms. The highest BCUT2D eigenvalue weighted by atomic mass is 32.2. The second-order valence-corrected chi connectivity index (χ2v) is 8.56. The van der Waals surface area contributed by atoms with Crippen LogP contribution in [0.4, 0.5) is 10.5 Å². The summed E-state index contributed by atoms with van der Waals surface area (Å²) in [5.41, 5.74) is -0.627. The van der Waals surface area contributed by atoms with Crippen molar-refractivity contribution in [2.75, 3.05) is 13.2 Å². The lowest BCUT2D eigenvalue weighted by atomic mass is 9.93. The van der Waals surface area contributed by atoms with Gasteiger partial charge in [-0.05, 0) is 51.2 Å². The van der Waals surface area contributed by atoms with Crippen LogP contribution >= 0.6 is 0 Å². The van der Waals surface area contributed by atoms with Crippen molar-refractivity contribution >= 4 is 21.9 Å². The van der Waals surface area contributed by atoms with Crippen LogP contribution in [0.15, 0.2) is 29.2 Å². The van der Waals surface area contributed by atoms with E-state index in [0.717, 1.165) is 24.3 Å². The lowest BCUT2D eigenvalue weighted by molar-refractivity contribution is -0.384. The van der Waals surface area contributed by atoms with Crippen molar-refractivity contribution in [1.29, 1.82) is 0 Å². The number of hydrogen-bond donors (Lipinski definition) is 1.